The highest BCUT2D eigenvalue weighted by Crippen LogP contribution is 2.29. The minimum Gasteiger partial charge on any atom is -0.490 e. The van der Waals surface area contributed by atoms with E-state index in [4.69, 9.17) is 13.9 Å². The van der Waals surface area contributed by atoms with E-state index >= 15 is 0 Å². The van der Waals surface area contributed by atoms with Crippen molar-refractivity contribution in [3.63, 3.8) is 0 Å². The summed E-state index contributed by atoms with van der Waals surface area (Å²) in [6, 6.07) is 8.11. The van der Waals surface area contributed by atoms with E-state index in [-0.39, 0.29) is 0 Å². The Morgan fingerprint density at radius 1 is 0.947 bits per heavy atom. The fourth-order valence-electron chi connectivity index (χ4n) is 1.31. The third-order valence-electron chi connectivity index (χ3n) is 1.96. The highest BCUT2D eigenvalue weighted by Gasteiger charge is 2.12. The van der Waals surface area contributed by atoms with Gasteiger partial charge in [-0.15, -0.1) is 0 Å². The molecule has 19 heavy (non-hydrogen) atoms. The molecule has 1 aromatic carbocycles. The molecule has 0 aliphatic carbocycles. The predicted octanol–water partition coefficient (Wildman–Crippen LogP) is 5.43. The van der Waals surface area contributed by atoms with Crippen LogP contribution in [0.3, 0.4) is 0 Å². The Hall–Kier alpha value is -1.32. The summed E-state index contributed by atoms with van der Waals surface area (Å²) < 4.78 is 21.5. The summed E-state index contributed by atoms with van der Waals surface area (Å²) in [5, 5.41) is 0. The molecule has 1 aromatic rings. The number of para-hydroxylation sites is 2. The monoisotopic (exact) mass is 277 g/mol. The fraction of sp³-hybridized carbons (Fsp3) is 0.600. The van der Waals surface area contributed by atoms with Crippen LogP contribution in [0.2, 0.25) is 0 Å². The Balaban J connectivity index is -0.000000278. The maximum Gasteiger partial charge on any atom is 0.142 e. The largest absolute Gasteiger partial charge is 0.490 e. The Kier molecular flexibility index (Phi) is 22.9. The number of ether oxygens (including phenoxy) is 1. The summed E-state index contributed by atoms with van der Waals surface area (Å²) in [5.74, 6) is 1.00. The summed E-state index contributed by atoms with van der Waals surface area (Å²) in [6.07, 6.45) is 0. The van der Waals surface area contributed by atoms with Gasteiger partial charge in [0, 0.05) is 16.2 Å². The van der Waals surface area contributed by atoms with Gasteiger partial charge in [-0.1, -0.05) is 53.7 Å². The molecule has 114 valence electrons. The molecular weight excluding hydrogens is 248 g/mol. The lowest BCUT2D eigenvalue weighted by Gasteiger charge is -2.27. The summed E-state index contributed by atoms with van der Waals surface area (Å²) in [6.45, 7) is 13.8. The second-order valence-corrected chi connectivity index (χ2v) is 2.74. The quantitative estimate of drug-likeness (QED) is 0.626. The maximum atomic E-state index is 8.00. The van der Waals surface area contributed by atoms with Gasteiger partial charge in [-0.2, -0.15) is 0 Å². The first-order valence-electron chi connectivity index (χ1n) is 6.95. The molecule has 2 rings (SSSR count). The molecule has 0 radical (unpaired) electrons. The van der Waals surface area contributed by atoms with Crippen LogP contribution in [-0.2, 0) is 0 Å². The van der Waals surface area contributed by atoms with E-state index < -0.39 is 0 Å². The molecule has 1 heterocycles. The Bertz CT molecular complexity index is 270. The first-order chi connectivity index (χ1) is 9.38. The van der Waals surface area contributed by atoms with Crippen LogP contribution in [0.1, 0.15) is 41.5 Å². The van der Waals surface area contributed by atoms with Crippen molar-refractivity contribution < 1.29 is 13.9 Å². The highest BCUT2D eigenvalue weighted by atomic mass is 20.0. The molecule has 0 saturated heterocycles. The van der Waals surface area contributed by atoms with Crippen LogP contribution >= 0.6 is 0 Å². The average molecular weight is 277 g/mol. The number of hydrogen-bond donors (Lipinski definition) is 0. The Morgan fingerprint density at radius 2 is 1.42 bits per heavy atom. The van der Waals surface area contributed by atoms with Gasteiger partial charge in [-0.3, -0.25) is 0 Å². The zero-order valence-corrected chi connectivity index (χ0v) is 13.3. The van der Waals surface area contributed by atoms with Crippen LogP contribution in [0.4, 0.5) is 14.8 Å². The van der Waals surface area contributed by atoms with E-state index in [0.717, 1.165) is 18.9 Å². The summed E-state index contributed by atoms with van der Waals surface area (Å²) >= 11 is 0. The number of likely N-dealkylation sites (N-methyl/N-ethyl adjacent to an activating group) is 1. The molecule has 0 atom stereocenters. The normalized spacial score (nSPS) is 10.3. The third kappa shape index (κ3) is 9.28. The van der Waals surface area contributed by atoms with Crippen molar-refractivity contribution in [1.82, 2.24) is 0 Å². The number of fused-ring (bicyclic) bond motifs is 1. The van der Waals surface area contributed by atoms with Gasteiger partial charge in [-0.05, 0) is 12.1 Å². The molecule has 0 bridgehead atoms. The molecule has 1 aliphatic rings. The highest BCUT2D eigenvalue weighted by molar-refractivity contribution is 5.58. The minimum atomic E-state index is 0.799. The Morgan fingerprint density at radius 3 is 1.89 bits per heavy atom. The Labute approximate surface area is 117 Å². The van der Waals surface area contributed by atoms with Gasteiger partial charge in [0.25, 0.3) is 0 Å². The second kappa shape index (κ2) is 19.0. The summed E-state index contributed by atoms with van der Waals surface area (Å²) in [5.41, 5.74) is 1.19. The standard InChI is InChI=1S/C9H11NO.3C2H6.F2/c1-10-6-7-11-9-5-3-2-4-8(9)10;4*1-2/h2-5H,6-7H2,1H3;3*1-2H3;. The number of hydrogen-bond acceptors (Lipinski definition) is 2. The predicted molar refractivity (Wildman–Crippen MR) is 81.5 cm³/mol. The molecule has 4 heteroatoms. The van der Waals surface area contributed by atoms with Crippen molar-refractivity contribution in [2.24, 2.45) is 0 Å². The van der Waals surface area contributed by atoms with E-state index in [1.54, 1.807) is 0 Å². The third-order valence-corrected chi connectivity index (χ3v) is 1.96. The summed E-state index contributed by atoms with van der Waals surface area (Å²) in [4.78, 5) is 2.21. The SMILES string of the molecule is CC.CC.CC.CN1CCOc2ccccc21.FF. The van der Waals surface area contributed by atoms with Gasteiger partial charge in [0.1, 0.15) is 12.4 Å². The molecule has 0 unspecified atom stereocenters. The van der Waals surface area contributed by atoms with Crippen molar-refractivity contribution in [2.75, 3.05) is 25.1 Å². The summed E-state index contributed by atoms with van der Waals surface area (Å²) in [7, 11) is 2.08. The lowest BCUT2D eigenvalue weighted by Crippen LogP contribution is -2.28. The second-order valence-electron chi connectivity index (χ2n) is 2.74. The number of rotatable bonds is 0. The van der Waals surface area contributed by atoms with Crippen LogP contribution in [0, 0.1) is 0 Å². The van der Waals surface area contributed by atoms with Crippen LogP contribution < -0.4 is 9.64 Å². The van der Waals surface area contributed by atoms with Crippen LogP contribution in [0.25, 0.3) is 0 Å². The van der Waals surface area contributed by atoms with E-state index in [9.17, 15) is 0 Å². The van der Waals surface area contributed by atoms with Gasteiger partial charge in [-0.25, -0.2) is 0 Å². The molecule has 0 N–H and O–H groups in total. The first kappa shape index (κ1) is 22.8. The molecule has 1 aliphatic heterocycles. The van der Waals surface area contributed by atoms with Gasteiger partial charge >= 0.3 is 0 Å². The van der Waals surface area contributed by atoms with Crippen molar-refractivity contribution in [3.05, 3.63) is 24.3 Å². The maximum absolute atomic E-state index is 8.00. The molecule has 2 nitrogen and oxygen atoms in total. The number of nitrogens with zero attached hydrogens (tertiary/aromatic N) is 1. The topological polar surface area (TPSA) is 12.5 Å². The molecule has 0 saturated carbocycles. The zero-order chi connectivity index (χ0) is 15.7. The van der Waals surface area contributed by atoms with Crippen molar-refractivity contribution in [3.8, 4) is 5.75 Å². The molecule has 0 aromatic heterocycles. The van der Waals surface area contributed by atoms with Gasteiger partial charge in [0.15, 0.2) is 0 Å². The van der Waals surface area contributed by atoms with Crippen LogP contribution in [-0.4, -0.2) is 20.2 Å². The molecule has 0 spiro atoms. The van der Waals surface area contributed by atoms with Gasteiger partial charge in [0.2, 0.25) is 0 Å². The van der Waals surface area contributed by atoms with Crippen molar-refractivity contribution in [2.45, 2.75) is 41.5 Å². The number of benzene rings is 1. The van der Waals surface area contributed by atoms with E-state index in [1.165, 1.54) is 5.69 Å². The molecule has 0 amide bonds. The van der Waals surface area contributed by atoms with Crippen LogP contribution in [0.5, 0.6) is 5.75 Å². The van der Waals surface area contributed by atoms with Crippen molar-refractivity contribution >= 4 is 5.69 Å². The first-order valence-corrected chi connectivity index (χ1v) is 6.95. The average Bonchev–Trinajstić information content (AvgIpc) is 2.56. The lowest BCUT2D eigenvalue weighted by molar-refractivity contribution is 0.108. The molecule has 0 fully saturated rings. The van der Waals surface area contributed by atoms with Crippen LogP contribution in [0.15, 0.2) is 24.3 Å². The van der Waals surface area contributed by atoms with Gasteiger partial charge in [0.05, 0.1) is 12.2 Å². The fourth-order valence-corrected chi connectivity index (χ4v) is 1.31. The van der Waals surface area contributed by atoms with E-state index in [1.807, 2.05) is 59.7 Å². The lowest BCUT2D eigenvalue weighted by atomic mass is 10.2. The van der Waals surface area contributed by atoms with Crippen molar-refractivity contribution in [1.29, 1.82) is 0 Å². The number of anilines is 1. The number of halogens is 2. The zero-order valence-electron chi connectivity index (χ0n) is 13.3. The van der Waals surface area contributed by atoms with E-state index in [2.05, 4.69) is 18.0 Å². The molecular formula is C15H29F2NO. The minimum absolute atomic E-state index is 0.799. The van der Waals surface area contributed by atoms with E-state index in [0.29, 0.717) is 0 Å². The van der Waals surface area contributed by atoms with Gasteiger partial charge < -0.3 is 9.64 Å². The smallest absolute Gasteiger partial charge is 0.142 e.